The van der Waals surface area contributed by atoms with E-state index in [1.807, 2.05) is 44.2 Å². The van der Waals surface area contributed by atoms with Crippen molar-refractivity contribution in [2.24, 2.45) is 11.7 Å². The maximum Gasteiger partial charge on any atom is 0.237 e. The summed E-state index contributed by atoms with van der Waals surface area (Å²) in [6.07, 6.45) is 0.851. The first kappa shape index (κ1) is 14.7. The molecule has 100 valence electrons. The van der Waals surface area contributed by atoms with E-state index in [1.165, 1.54) is 0 Å². The summed E-state index contributed by atoms with van der Waals surface area (Å²) in [7, 11) is 0. The number of carbonyl (C=O) groups is 1. The minimum Gasteiger partial charge on any atom is -0.394 e. The van der Waals surface area contributed by atoms with Gasteiger partial charge in [-0.25, -0.2) is 0 Å². The summed E-state index contributed by atoms with van der Waals surface area (Å²) in [4.78, 5) is 11.9. The number of hydrogen-bond donors (Lipinski definition) is 3. The average molecular weight is 250 g/mol. The summed E-state index contributed by atoms with van der Waals surface area (Å²) in [5, 5.41) is 12.1. The molecule has 1 amide bonds. The topological polar surface area (TPSA) is 75.4 Å². The molecule has 4 N–H and O–H groups in total. The van der Waals surface area contributed by atoms with Crippen molar-refractivity contribution in [1.82, 2.24) is 5.32 Å². The van der Waals surface area contributed by atoms with Gasteiger partial charge in [0, 0.05) is 0 Å². The molecule has 1 rings (SSSR count). The summed E-state index contributed by atoms with van der Waals surface area (Å²) in [6.45, 7) is 3.81. The minimum atomic E-state index is -0.534. The Morgan fingerprint density at radius 1 is 1.39 bits per heavy atom. The van der Waals surface area contributed by atoms with Gasteiger partial charge in [0.2, 0.25) is 5.91 Å². The molecule has 0 aliphatic carbocycles. The number of carbonyl (C=O) groups excluding carboxylic acids is 1. The van der Waals surface area contributed by atoms with Gasteiger partial charge >= 0.3 is 0 Å². The quantitative estimate of drug-likeness (QED) is 0.710. The molecule has 0 radical (unpaired) electrons. The Hall–Kier alpha value is -1.39. The second-order valence-electron chi connectivity index (χ2n) is 4.57. The molecule has 0 fully saturated rings. The average Bonchev–Trinajstić information content (AvgIpc) is 2.43. The second-order valence-corrected chi connectivity index (χ2v) is 4.57. The van der Waals surface area contributed by atoms with Crippen LogP contribution in [0.15, 0.2) is 30.3 Å². The van der Waals surface area contributed by atoms with Crippen molar-refractivity contribution in [2.45, 2.75) is 32.4 Å². The number of nitrogens with one attached hydrogen (secondary N) is 1. The molecule has 0 aliphatic rings. The molecule has 0 aromatic heterocycles. The molecule has 18 heavy (non-hydrogen) atoms. The molecule has 0 saturated heterocycles. The summed E-state index contributed by atoms with van der Waals surface area (Å²) in [5.74, 6) is -0.0904. The molecule has 0 saturated carbocycles. The smallest absolute Gasteiger partial charge is 0.237 e. The van der Waals surface area contributed by atoms with Crippen LogP contribution in [-0.2, 0) is 4.79 Å². The maximum atomic E-state index is 11.9. The van der Waals surface area contributed by atoms with Gasteiger partial charge in [-0.1, -0.05) is 50.6 Å². The highest BCUT2D eigenvalue weighted by Crippen LogP contribution is 2.13. The predicted molar refractivity (Wildman–Crippen MR) is 71.8 cm³/mol. The molecule has 4 heteroatoms. The lowest BCUT2D eigenvalue weighted by molar-refractivity contribution is -0.124. The molecule has 0 spiro atoms. The Labute approximate surface area is 108 Å². The molecular formula is C14H22N2O2. The van der Waals surface area contributed by atoms with E-state index in [1.54, 1.807) is 0 Å². The lowest BCUT2D eigenvalue weighted by Crippen LogP contribution is -2.46. The summed E-state index contributed by atoms with van der Waals surface area (Å²) in [5.41, 5.74) is 6.74. The van der Waals surface area contributed by atoms with E-state index in [0.29, 0.717) is 0 Å². The highest BCUT2D eigenvalue weighted by atomic mass is 16.3. The van der Waals surface area contributed by atoms with E-state index in [-0.39, 0.29) is 18.4 Å². The third-order valence-electron chi connectivity index (χ3n) is 3.26. The van der Waals surface area contributed by atoms with Crippen molar-refractivity contribution in [3.05, 3.63) is 35.9 Å². The molecular weight excluding hydrogens is 228 g/mol. The number of benzene rings is 1. The Morgan fingerprint density at radius 3 is 2.50 bits per heavy atom. The van der Waals surface area contributed by atoms with E-state index in [0.717, 1.165) is 12.0 Å². The molecule has 4 nitrogen and oxygen atoms in total. The predicted octanol–water partition coefficient (Wildman–Crippen LogP) is 1.21. The number of aliphatic hydroxyl groups excluding tert-OH is 1. The molecule has 3 atom stereocenters. The van der Waals surface area contributed by atoms with Crippen LogP contribution in [0.1, 0.15) is 31.9 Å². The van der Waals surface area contributed by atoms with Gasteiger partial charge < -0.3 is 16.2 Å². The van der Waals surface area contributed by atoms with Crippen molar-refractivity contribution >= 4 is 5.91 Å². The van der Waals surface area contributed by atoms with Gasteiger partial charge in [-0.2, -0.15) is 0 Å². The van der Waals surface area contributed by atoms with E-state index in [4.69, 9.17) is 5.73 Å². The van der Waals surface area contributed by atoms with Crippen LogP contribution in [-0.4, -0.2) is 23.7 Å². The minimum absolute atomic E-state index is 0.125. The van der Waals surface area contributed by atoms with Gasteiger partial charge in [0.15, 0.2) is 0 Å². The van der Waals surface area contributed by atoms with E-state index >= 15 is 0 Å². The summed E-state index contributed by atoms with van der Waals surface area (Å²) in [6, 6.07) is 8.45. The first-order chi connectivity index (χ1) is 8.60. The first-order valence-corrected chi connectivity index (χ1v) is 6.31. The van der Waals surface area contributed by atoms with Crippen molar-refractivity contribution in [2.75, 3.05) is 6.61 Å². The van der Waals surface area contributed by atoms with Crippen LogP contribution in [0.4, 0.5) is 0 Å². The number of aliphatic hydroxyl groups is 1. The van der Waals surface area contributed by atoms with Crippen LogP contribution in [0, 0.1) is 5.92 Å². The normalized spacial score (nSPS) is 15.8. The van der Waals surface area contributed by atoms with Crippen LogP contribution in [0.25, 0.3) is 0 Å². The van der Waals surface area contributed by atoms with Crippen molar-refractivity contribution in [3.8, 4) is 0 Å². The Balaban J connectivity index is 2.67. The zero-order valence-electron chi connectivity index (χ0n) is 11.0. The third-order valence-corrected chi connectivity index (χ3v) is 3.26. The van der Waals surface area contributed by atoms with Gasteiger partial charge in [0.05, 0.1) is 18.7 Å². The van der Waals surface area contributed by atoms with Crippen molar-refractivity contribution in [1.29, 1.82) is 0 Å². The van der Waals surface area contributed by atoms with Gasteiger partial charge in [-0.3, -0.25) is 4.79 Å². The van der Waals surface area contributed by atoms with Crippen LogP contribution in [0.2, 0.25) is 0 Å². The largest absolute Gasteiger partial charge is 0.394 e. The SMILES string of the molecule is CCC(C)[C@H](N)C(=O)N[C@@H](CO)c1ccccc1. The van der Waals surface area contributed by atoms with Gasteiger partial charge in [-0.15, -0.1) is 0 Å². The van der Waals surface area contributed by atoms with Crippen molar-refractivity contribution in [3.63, 3.8) is 0 Å². The standard InChI is InChI=1S/C14H22N2O2/c1-3-10(2)13(15)14(18)16-12(9-17)11-7-5-4-6-8-11/h4-8,10,12-13,17H,3,9,15H2,1-2H3,(H,16,18)/t10?,12-,13-/m0/s1. The van der Waals surface area contributed by atoms with E-state index < -0.39 is 12.1 Å². The molecule has 1 aromatic rings. The van der Waals surface area contributed by atoms with E-state index in [9.17, 15) is 9.90 Å². The number of amides is 1. The van der Waals surface area contributed by atoms with Crippen LogP contribution in [0.3, 0.4) is 0 Å². The van der Waals surface area contributed by atoms with Gasteiger partial charge in [0.1, 0.15) is 0 Å². The first-order valence-electron chi connectivity index (χ1n) is 6.31. The fourth-order valence-corrected chi connectivity index (χ4v) is 1.70. The maximum absolute atomic E-state index is 11.9. The Morgan fingerprint density at radius 2 is 2.00 bits per heavy atom. The monoisotopic (exact) mass is 250 g/mol. The fourth-order valence-electron chi connectivity index (χ4n) is 1.70. The molecule has 1 aromatic carbocycles. The molecule has 0 heterocycles. The van der Waals surface area contributed by atoms with Crippen molar-refractivity contribution < 1.29 is 9.90 Å². The second kappa shape index (κ2) is 7.13. The third kappa shape index (κ3) is 3.82. The van der Waals surface area contributed by atoms with Gasteiger partial charge in [0.25, 0.3) is 0 Å². The highest BCUT2D eigenvalue weighted by Gasteiger charge is 2.22. The Kier molecular flexibility index (Phi) is 5.82. The molecule has 1 unspecified atom stereocenters. The molecule has 0 bridgehead atoms. The lowest BCUT2D eigenvalue weighted by Gasteiger charge is -2.22. The fraction of sp³-hybridized carbons (Fsp3) is 0.500. The Bertz CT molecular complexity index is 367. The zero-order valence-corrected chi connectivity index (χ0v) is 11.0. The van der Waals surface area contributed by atoms with Crippen LogP contribution >= 0.6 is 0 Å². The highest BCUT2D eigenvalue weighted by molar-refractivity contribution is 5.82. The number of rotatable bonds is 6. The number of hydrogen-bond acceptors (Lipinski definition) is 3. The van der Waals surface area contributed by atoms with Crippen LogP contribution in [0.5, 0.6) is 0 Å². The van der Waals surface area contributed by atoms with E-state index in [2.05, 4.69) is 5.32 Å². The summed E-state index contributed by atoms with van der Waals surface area (Å²) < 4.78 is 0. The summed E-state index contributed by atoms with van der Waals surface area (Å²) >= 11 is 0. The van der Waals surface area contributed by atoms with Crippen LogP contribution < -0.4 is 11.1 Å². The van der Waals surface area contributed by atoms with Gasteiger partial charge in [-0.05, 0) is 11.5 Å². The number of nitrogens with two attached hydrogens (primary N) is 1. The zero-order chi connectivity index (χ0) is 13.5. The molecule has 0 aliphatic heterocycles. The lowest BCUT2D eigenvalue weighted by atomic mass is 9.98.